The number of hydrogen-bond donors (Lipinski definition) is 2. The van der Waals surface area contributed by atoms with Gasteiger partial charge < -0.3 is 5.41 Å². The van der Waals surface area contributed by atoms with Crippen LogP contribution in [0, 0.1) is 10.9 Å². The molecule has 0 aromatic heterocycles. The van der Waals surface area contributed by atoms with Crippen molar-refractivity contribution in [1.82, 2.24) is 0 Å². The molecule has 0 saturated carbocycles. The van der Waals surface area contributed by atoms with E-state index in [9.17, 15) is 0 Å². The third-order valence-corrected chi connectivity index (χ3v) is 0.820. The van der Waals surface area contributed by atoms with Crippen LogP contribution >= 0.6 is 0 Å². The Balaban J connectivity index is 3.55. The molecule has 0 saturated heterocycles. The fourth-order valence-electron chi connectivity index (χ4n) is 0.0968. The highest BCUT2D eigenvalue weighted by Crippen LogP contribution is 1.87. The van der Waals surface area contributed by atoms with Gasteiger partial charge in [0.2, 0.25) is 0 Å². The van der Waals surface area contributed by atoms with Gasteiger partial charge in [-0.3, -0.25) is 0 Å². The monoisotopic (exact) mass is 99.1 g/mol. The summed E-state index contributed by atoms with van der Waals surface area (Å²) >= 11 is 0. The van der Waals surface area contributed by atoms with Crippen molar-refractivity contribution in [3.05, 3.63) is 0 Å². The van der Waals surface area contributed by atoms with Crippen LogP contribution in [-0.2, 0) is 0 Å². The van der Waals surface area contributed by atoms with Gasteiger partial charge in [-0.2, -0.15) is 5.11 Å². The molecule has 0 bridgehead atoms. The van der Waals surface area contributed by atoms with E-state index in [1.807, 2.05) is 0 Å². The van der Waals surface area contributed by atoms with E-state index < -0.39 is 0 Å². The number of hydrogen-bond acceptors (Lipinski definition) is 3. The van der Waals surface area contributed by atoms with Crippen molar-refractivity contribution < 1.29 is 0 Å². The van der Waals surface area contributed by atoms with Gasteiger partial charge in [0.1, 0.15) is 6.04 Å². The van der Waals surface area contributed by atoms with Gasteiger partial charge in [-0.1, -0.05) is 0 Å². The van der Waals surface area contributed by atoms with E-state index in [1.165, 1.54) is 0 Å². The zero-order valence-corrected chi connectivity index (χ0v) is 4.52. The lowest BCUT2D eigenvalue weighted by atomic mass is 10.2. The Labute approximate surface area is 42.8 Å². The summed E-state index contributed by atoms with van der Waals surface area (Å²) in [5.74, 6) is 0. The number of nitrogens with zero attached hydrogens (tertiary/aromatic N) is 1. The Bertz CT molecular complexity index is 86.9. The van der Waals surface area contributed by atoms with E-state index in [0.29, 0.717) is 5.71 Å². The van der Waals surface area contributed by atoms with E-state index >= 15 is 0 Å². The molecular weight excluding hydrogens is 90.1 g/mol. The van der Waals surface area contributed by atoms with Crippen molar-refractivity contribution in [1.29, 1.82) is 10.9 Å². The zero-order valence-electron chi connectivity index (χ0n) is 4.52. The van der Waals surface area contributed by atoms with Crippen LogP contribution in [0.15, 0.2) is 5.11 Å². The number of rotatable bonds is 2. The lowest BCUT2D eigenvalue weighted by Crippen LogP contribution is -2.06. The molecule has 0 spiro atoms. The fraction of sp³-hybridized carbons (Fsp3) is 0.750. The molecule has 0 aliphatic carbocycles. The average Bonchev–Trinajstić information content (AvgIpc) is 1.65. The van der Waals surface area contributed by atoms with Crippen LogP contribution in [0.3, 0.4) is 0 Å². The molecule has 0 heterocycles. The quantitative estimate of drug-likeness (QED) is 0.389. The van der Waals surface area contributed by atoms with Gasteiger partial charge in [-0.05, 0) is 13.8 Å². The minimum Gasteiger partial charge on any atom is -0.308 e. The molecule has 0 aromatic carbocycles. The van der Waals surface area contributed by atoms with Crippen molar-refractivity contribution in [3.8, 4) is 0 Å². The molecular formula is C4H9N3. The van der Waals surface area contributed by atoms with Crippen molar-refractivity contribution in [2.45, 2.75) is 19.9 Å². The van der Waals surface area contributed by atoms with Crippen LogP contribution in [0.25, 0.3) is 0 Å². The summed E-state index contributed by atoms with van der Waals surface area (Å²) in [6.45, 7) is 3.36. The van der Waals surface area contributed by atoms with Crippen LogP contribution in [0.2, 0.25) is 0 Å². The molecule has 40 valence electrons. The van der Waals surface area contributed by atoms with Crippen LogP contribution < -0.4 is 0 Å². The summed E-state index contributed by atoms with van der Waals surface area (Å²) in [6.07, 6.45) is 0. The lowest BCUT2D eigenvalue weighted by Gasteiger charge is -1.95. The van der Waals surface area contributed by atoms with Gasteiger partial charge in [0.15, 0.2) is 0 Å². The molecule has 0 amide bonds. The molecule has 7 heavy (non-hydrogen) atoms. The molecule has 1 atom stereocenters. The molecule has 0 aliphatic rings. The van der Waals surface area contributed by atoms with E-state index in [4.69, 9.17) is 10.9 Å². The molecule has 0 radical (unpaired) electrons. The maximum absolute atomic E-state index is 6.89. The highest BCUT2D eigenvalue weighted by Gasteiger charge is 1.96. The highest BCUT2D eigenvalue weighted by atomic mass is 15.0. The summed E-state index contributed by atoms with van der Waals surface area (Å²) in [5, 5.41) is 10.0. The molecule has 3 heteroatoms. The minimum absolute atomic E-state index is 0.222. The predicted molar refractivity (Wildman–Crippen MR) is 28.0 cm³/mol. The van der Waals surface area contributed by atoms with Crippen LogP contribution in [0.4, 0.5) is 0 Å². The highest BCUT2D eigenvalue weighted by molar-refractivity contribution is 5.83. The SMILES string of the molecule is CC(=N)C(C)N=N. The second-order valence-electron chi connectivity index (χ2n) is 1.49. The first-order valence-electron chi connectivity index (χ1n) is 2.10. The largest absolute Gasteiger partial charge is 0.308 e. The van der Waals surface area contributed by atoms with Crippen molar-refractivity contribution in [2.75, 3.05) is 0 Å². The molecule has 0 aromatic rings. The molecule has 0 fully saturated rings. The molecule has 2 N–H and O–H groups in total. The van der Waals surface area contributed by atoms with Gasteiger partial charge in [0.25, 0.3) is 0 Å². The second-order valence-corrected chi connectivity index (χ2v) is 1.49. The Morgan fingerprint density at radius 2 is 2.14 bits per heavy atom. The second kappa shape index (κ2) is 2.44. The van der Waals surface area contributed by atoms with Gasteiger partial charge in [-0.25, -0.2) is 5.53 Å². The van der Waals surface area contributed by atoms with Crippen LogP contribution in [-0.4, -0.2) is 11.8 Å². The van der Waals surface area contributed by atoms with Gasteiger partial charge in [0.05, 0.1) is 0 Å². The van der Waals surface area contributed by atoms with Crippen LogP contribution in [0.1, 0.15) is 13.8 Å². The topological polar surface area (TPSA) is 60.1 Å². The maximum atomic E-state index is 6.89. The van der Waals surface area contributed by atoms with Gasteiger partial charge >= 0.3 is 0 Å². The average molecular weight is 99.1 g/mol. The molecule has 0 rings (SSSR count). The fourth-order valence-corrected chi connectivity index (χ4v) is 0.0968. The standard InChI is InChI=1S/C4H9N3/c1-3(5)4(2)7-6/h4-6H,1-2H3. The molecule has 1 unspecified atom stereocenters. The van der Waals surface area contributed by atoms with Crippen LogP contribution in [0.5, 0.6) is 0 Å². The van der Waals surface area contributed by atoms with E-state index in [0.717, 1.165) is 0 Å². The summed E-state index contributed by atoms with van der Waals surface area (Å²) < 4.78 is 0. The van der Waals surface area contributed by atoms with Crippen molar-refractivity contribution in [3.63, 3.8) is 0 Å². The summed E-state index contributed by atoms with van der Waals surface area (Å²) in [7, 11) is 0. The predicted octanol–water partition coefficient (Wildman–Crippen LogP) is 1.45. The van der Waals surface area contributed by atoms with Gasteiger partial charge in [0, 0.05) is 5.71 Å². The Hall–Kier alpha value is -0.730. The minimum atomic E-state index is -0.222. The maximum Gasteiger partial charge on any atom is 0.105 e. The molecule has 0 aliphatic heterocycles. The first-order valence-corrected chi connectivity index (χ1v) is 2.10. The Morgan fingerprint density at radius 1 is 1.71 bits per heavy atom. The summed E-state index contributed by atoms with van der Waals surface area (Å²) in [4.78, 5) is 0. The first-order chi connectivity index (χ1) is 3.18. The van der Waals surface area contributed by atoms with Crippen molar-refractivity contribution >= 4 is 5.71 Å². The third kappa shape index (κ3) is 2.03. The van der Waals surface area contributed by atoms with Crippen molar-refractivity contribution in [2.24, 2.45) is 5.11 Å². The van der Waals surface area contributed by atoms with Gasteiger partial charge in [-0.15, -0.1) is 0 Å². The lowest BCUT2D eigenvalue weighted by molar-refractivity contribution is 0.841. The van der Waals surface area contributed by atoms with E-state index in [2.05, 4.69) is 5.11 Å². The Morgan fingerprint density at radius 3 is 2.14 bits per heavy atom. The normalized spacial score (nSPS) is 12.9. The van der Waals surface area contributed by atoms with E-state index in [-0.39, 0.29) is 6.04 Å². The number of nitrogens with one attached hydrogen (secondary N) is 2. The zero-order chi connectivity index (χ0) is 5.86. The summed E-state index contributed by atoms with van der Waals surface area (Å²) in [5.41, 5.74) is 6.86. The summed E-state index contributed by atoms with van der Waals surface area (Å²) in [6, 6.07) is -0.222. The molecule has 3 nitrogen and oxygen atoms in total. The van der Waals surface area contributed by atoms with E-state index in [1.54, 1.807) is 13.8 Å². The Kier molecular flexibility index (Phi) is 2.19. The first kappa shape index (κ1) is 6.27. The third-order valence-electron chi connectivity index (χ3n) is 0.820. The smallest absolute Gasteiger partial charge is 0.105 e.